The molecule has 1 aliphatic carbocycles. The van der Waals surface area contributed by atoms with Crippen molar-refractivity contribution in [3.05, 3.63) is 34.1 Å². The molecule has 96 valence electrons. The van der Waals surface area contributed by atoms with Crippen molar-refractivity contribution in [2.45, 2.75) is 25.3 Å². The molecule has 2 amide bonds. The van der Waals surface area contributed by atoms with Crippen molar-refractivity contribution >= 4 is 17.4 Å². The lowest BCUT2D eigenvalue weighted by atomic mass is 9.93. The van der Waals surface area contributed by atoms with E-state index in [1.807, 2.05) is 0 Å². The van der Waals surface area contributed by atoms with E-state index in [-0.39, 0.29) is 6.04 Å². The number of para-hydroxylation sites is 1. The molecule has 2 N–H and O–H groups in total. The second kappa shape index (κ2) is 4.99. The van der Waals surface area contributed by atoms with Crippen LogP contribution in [-0.2, 0) is 0 Å². The average molecular weight is 253 g/mol. The summed E-state index contributed by atoms with van der Waals surface area (Å²) in [4.78, 5) is 21.5. The number of nitrogens with one attached hydrogen (secondary N) is 2. The quantitative estimate of drug-likeness (QED) is 0.640. The number of anilines is 1. The van der Waals surface area contributed by atoms with Crippen LogP contribution in [0.4, 0.5) is 20.6 Å². The van der Waals surface area contributed by atoms with E-state index in [4.69, 9.17) is 0 Å². The number of carbonyl (C=O) groups is 1. The van der Waals surface area contributed by atoms with Crippen LogP contribution in [0.15, 0.2) is 18.2 Å². The van der Waals surface area contributed by atoms with Gasteiger partial charge in [-0.25, -0.2) is 9.18 Å². The van der Waals surface area contributed by atoms with Gasteiger partial charge in [0, 0.05) is 12.1 Å². The number of rotatable bonds is 3. The number of benzene rings is 1. The van der Waals surface area contributed by atoms with E-state index in [0.717, 1.165) is 31.4 Å². The van der Waals surface area contributed by atoms with Crippen LogP contribution in [-0.4, -0.2) is 17.0 Å². The van der Waals surface area contributed by atoms with Crippen LogP contribution in [0.1, 0.15) is 19.3 Å². The molecule has 0 atom stereocenters. The number of carbonyl (C=O) groups excluding carboxylic acids is 1. The van der Waals surface area contributed by atoms with Gasteiger partial charge in [-0.1, -0.05) is 6.07 Å². The third-order valence-electron chi connectivity index (χ3n) is 2.87. The third-order valence-corrected chi connectivity index (χ3v) is 2.87. The van der Waals surface area contributed by atoms with E-state index in [1.165, 1.54) is 6.07 Å². The number of nitro benzene ring substituents is 1. The van der Waals surface area contributed by atoms with Gasteiger partial charge in [0.2, 0.25) is 0 Å². The largest absolute Gasteiger partial charge is 0.335 e. The van der Waals surface area contributed by atoms with Crippen LogP contribution in [0.2, 0.25) is 0 Å². The van der Waals surface area contributed by atoms with Gasteiger partial charge in [-0.05, 0) is 25.3 Å². The summed E-state index contributed by atoms with van der Waals surface area (Å²) in [6.07, 6.45) is 2.81. The minimum atomic E-state index is -0.826. The predicted octanol–water partition coefficient (Wildman–Crippen LogP) is 2.41. The van der Waals surface area contributed by atoms with Crippen LogP contribution < -0.4 is 10.6 Å². The number of hydrogen-bond acceptors (Lipinski definition) is 3. The Kier molecular flexibility index (Phi) is 3.40. The van der Waals surface area contributed by atoms with Crippen LogP contribution >= 0.6 is 0 Å². The maximum atomic E-state index is 13.5. The Morgan fingerprint density at radius 1 is 1.44 bits per heavy atom. The maximum absolute atomic E-state index is 13.5. The Balaban J connectivity index is 2.11. The van der Waals surface area contributed by atoms with Crippen molar-refractivity contribution in [2.75, 3.05) is 5.32 Å². The molecule has 0 unspecified atom stereocenters. The van der Waals surface area contributed by atoms with Crippen LogP contribution in [0, 0.1) is 15.9 Å². The third kappa shape index (κ3) is 2.55. The second-order valence-corrected chi connectivity index (χ2v) is 4.12. The van der Waals surface area contributed by atoms with Gasteiger partial charge in [-0.3, -0.25) is 15.4 Å². The summed E-state index contributed by atoms with van der Waals surface area (Å²) in [5.41, 5.74) is -0.863. The summed E-state index contributed by atoms with van der Waals surface area (Å²) in [5.74, 6) is -0.826. The molecule has 0 aromatic heterocycles. The first-order valence-electron chi connectivity index (χ1n) is 5.58. The molecular formula is C11H12FN3O3. The molecule has 0 heterocycles. The van der Waals surface area contributed by atoms with Gasteiger partial charge in [-0.2, -0.15) is 0 Å². The monoisotopic (exact) mass is 253 g/mol. The number of urea groups is 1. The van der Waals surface area contributed by atoms with Crippen molar-refractivity contribution in [3.63, 3.8) is 0 Å². The van der Waals surface area contributed by atoms with E-state index < -0.39 is 28.1 Å². The van der Waals surface area contributed by atoms with E-state index in [0.29, 0.717) is 0 Å². The van der Waals surface area contributed by atoms with E-state index in [2.05, 4.69) is 10.6 Å². The van der Waals surface area contributed by atoms with Gasteiger partial charge in [0.05, 0.1) is 4.92 Å². The number of amides is 2. The molecule has 2 rings (SSSR count). The fourth-order valence-corrected chi connectivity index (χ4v) is 1.68. The van der Waals surface area contributed by atoms with Gasteiger partial charge >= 0.3 is 6.03 Å². The summed E-state index contributed by atoms with van der Waals surface area (Å²) >= 11 is 0. The number of nitrogens with zero attached hydrogens (tertiary/aromatic N) is 1. The highest BCUT2D eigenvalue weighted by Crippen LogP contribution is 2.27. The van der Waals surface area contributed by atoms with Crippen LogP contribution in [0.3, 0.4) is 0 Å². The van der Waals surface area contributed by atoms with Gasteiger partial charge in [-0.15, -0.1) is 0 Å². The molecule has 0 saturated heterocycles. The molecule has 1 saturated carbocycles. The Labute approximate surface area is 102 Å². The molecule has 6 nitrogen and oxygen atoms in total. The Bertz CT molecular complexity index is 488. The Morgan fingerprint density at radius 3 is 2.72 bits per heavy atom. The van der Waals surface area contributed by atoms with Gasteiger partial charge < -0.3 is 5.32 Å². The topological polar surface area (TPSA) is 84.3 Å². The molecule has 18 heavy (non-hydrogen) atoms. The fourth-order valence-electron chi connectivity index (χ4n) is 1.68. The number of halogens is 1. The number of nitro groups is 1. The Hall–Kier alpha value is -2.18. The lowest BCUT2D eigenvalue weighted by molar-refractivity contribution is -0.384. The van der Waals surface area contributed by atoms with Crippen molar-refractivity contribution in [2.24, 2.45) is 0 Å². The highest BCUT2D eigenvalue weighted by Gasteiger charge is 2.23. The minimum Gasteiger partial charge on any atom is -0.335 e. The minimum absolute atomic E-state index is 0.0795. The summed E-state index contributed by atoms with van der Waals surface area (Å²) in [7, 11) is 0. The first kappa shape index (κ1) is 12.3. The molecule has 1 aromatic rings. The zero-order chi connectivity index (χ0) is 13.1. The smallest absolute Gasteiger partial charge is 0.319 e. The van der Waals surface area contributed by atoms with Crippen molar-refractivity contribution < 1.29 is 14.1 Å². The van der Waals surface area contributed by atoms with Gasteiger partial charge in [0.1, 0.15) is 0 Å². The maximum Gasteiger partial charge on any atom is 0.319 e. The van der Waals surface area contributed by atoms with Crippen molar-refractivity contribution in [3.8, 4) is 0 Å². The summed E-state index contributed by atoms with van der Waals surface area (Å²) in [6.45, 7) is 0. The molecule has 0 radical (unpaired) electrons. The molecule has 1 aromatic carbocycles. The normalized spacial score (nSPS) is 14.7. The van der Waals surface area contributed by atoms with Crippen molar-refractivity contribution in [1.82, 2.24) is 5.32 Å². The van der Waals surface area contributed by atoms with Crippen LogP contribution in [0.5, 0.6) is 0 Å². The summed E-state index contributed by atoms with van der Waals surface area (Å²) in [5, 5.41) is 15.5. The van der Waals surface area contributed by atoms with Gasteiger partial charge in [0.25, 0.3) is 5.69 Å². The zero-order valence-corrected chi connectivity index (χ0v) is 9.48. The SMILES string of the molecule is O=C(Nc1c(F)cccc1[N+](=O)[O-])NC1CCC1. The second-order valence-electron chi connectivity index (χ2n) is 4.12. The first-order chi connectivity index (χ1) is 8.58. The molecule has 0 aliphatic heterocycles. The van der Waals surface area contributed by atoms with E-state index in [1.54, 1.807) is 0 Å². The molecule has 7 heteroatoms. The lowest BCUT2D eigenvalue weighted by Crippen LogP contribution is -2.42. The van der Waals surface area contributed by atoms with Crippen LogP contribution in [0.25, 0.3) is 0 Å². The van der Waals surface area contributed by atoms with E-state index in [9.17, 15) is 19.3 Å². The lowest BCUT2D eigenvalue weighted by Gasteiger charge is -2.26. The van der Waals surface area contributed by atoms with Crippen molar-refractivity contribution in [1.29, 1.82) is 0 Å². The highest BCUT2D eigenvalue weighted by atomic mass is 19.1. The summed E-state index contributed by atoms with van der Waals surface area (Å²) < 4.78 is 13.5. The molecular weight excluding hydrogens is 241 g/mol. The summed E-state index contributed by atoms with van der Waals surface area (Å²) in [6, 6.07) is 2.89. The molecule has 0 spiro atoms. The average Bonchev–Trinajstić information content (AvgIpc) is 2.26. The molecule has 1 fully saturated rings. The van der Waals surface area contributed by atoms with Gasteiger partial charge in [0.15, 0.2) is 11.5 Å². The Morgan fingerprint density at radius 2 is 2.17 bits per heavy atom. The first-order valence-corrected chi connectivity index (χ1v) is 5.58. The zero-order valence-electron chi connectivity index (χ0n) is 9.48. The fraction of sp³-hybridized carbons (Fsp3) is 0.364. The molecule has 1 aliphatic rings. The van der Waals surface area contributed by atoms with E-state index >= 15 is 0 Å². The standard InChI is InChI=1S/C11H12FN3O3/c12-8-5-2-6-9(15(17)18)10(8)14-11(16)13-7-3-1-4-7/h2,5-7H,1,3-4H2,(H2,13,14,16). The number of hydrogen-bond donors (Lipinski definition) is 2. The molecule has 0 bridgehead atoms. The highest BCUT2D eigenvalue weighted by molar-refractivity contribution is 5.92. The predicted molar refractivity (Wildman–Crippen MR) is 62.8 cm³/mol.